The second-order valence-corrected chi connectivity index (χ2v) is 44.9. The quantitative estimate of drug-likeness (QED) is 0.0125. The van der Waals surface area contributed by atoms with Crippen LogP contribution in [0.2, 0.25) is 0 Å². The number of hydrogen-bond donors (Lipinski definition) is 23. The number of benzene rings is 1. The zero-order chi connectivity index (χ0) is 80.8. The average molecular weight is 1850 g/mol. The van der Waals surface area contributed by atoms with Gasteiger partial charge in [-0.1, -0.05) is 0 Å². The number of nitrogens with zero attached hydrogens (tertiary/aromatic N) is 1. The number of phenols is 1. The molecule has 12 atom stereocenters. The first-order chi connectivity index (χ1) is 45.5. The van der Waals surface area contributed by atoms with Crippen molar-refractivity contribution in [2.75, 3.05) is 32.2 Å². The summed E-state index contributed by atoms with van der Waals surface area (Å²) in [6.07, 6.45) is -23.5. The molecule has 2 aliphatic heterocycles. The minimum absolute atomic E-state index is 0.221. The van der Waals surface area contributed by atoms with Crippen molar-refractivity contribution in [3.8, 4) is 5.75 Å². The van der Waals surface area contributed by atoms with Gasteiger partial charge in [-0.2, -0.15) is 84.2 Å². The Morgan fingerprint density at radius 2 is 0.864 bits per heavy atom. The highest BCUT2D eigenvalue weighted by atomic mass is 32.3. The molecule has 0 bridgehead atoms. The van der Waals surface area contributed by atoms with Gasteiger partial charge in [0.1, 0.15) is 42.4 Å². The van der Waals surface area contributed by atoms with Gasteiger partial charge in [-0.05, 0) is 24.6 Å². The van der Waals surface area contributed by atoms with Crippen molar-refractivity contribution in [2.24, 2.45) is 0 Å². The molecule has 82 heteroatoms. The fourth-order valence-electron chi connectivity index (χ4n) is 7.88. The van der Waals surface area contributed by atoms with Gasteiger partial charge < -0.3 is 107 Å². The van der Waals surface area contributed by atoms with E-state index in [0.717, 1.165) is 19.0 Å². The highest BCUT2D eigenvalue weighted by Gasteiger charge is 2.74. The zero-order valence-corrected chi connectivity index (χ0v) is 63.5. The molecular formula is C21H47NO64S10Si7. The summed E-state index contributed by atoms with van der Waals surface area (Å²) >= 11 is 0. The number of phenolic OH excluding ortho intramolecular Hbond substituents is 1. The van der Waals surface area contributed by atoms with Gasteiger partial charge in [-0.3, -0.25) is 18.2 Å². The van der Waals surface area contributed by atoms with Crippen LogP contribution in [0, 0.1) is 6.92 Å². The van der Waals surface area contributed by atoms with E-state index >= 15 is 0 Å². The van der Waals surface area contributed by atoms with E-state index < -0.39 is 259 Å². The predicted octanol–water partition coefficient (Wildman–Crippen LogP) is -17.7. The molecule has 2 saturated heterocycles. The standard InChI is InChI=1S/C21H47NO64S10Si7/c1-8-4-11(23)10(22(2)3)5-9(8)21(90(34,35)77-27)19(88(30,31)75-25)17(15(71-94(45,46)47)13(69-21)7-67-92(39,40)41)73-96(50,51)81-103(65,86-101(62,63)83-98(55,56)57)84-99(58,59)78-79-102(64,85-100(60,61)82-97(52,53)54)80-95(48,49)72-16-14(70-93(42,43)44)12(6-66-91(36,37)38)68-20(89(32,33)76-26)18(16)87(28,29)74-24/h4-5,12-20,23-27,52-65H,6-7H2,1-3H3,(H,36,37,38)(H,39,40,41)(H,42,43,44)(H,45,46,47). The average Bonchev–Trinajstić information content (AvgIpc) is 0.693. The first-order valence-electron chi connectivity index (χ1n) is 23.5. The van der Waals surface area contributed by atoms with E-state index in [1.807, 2.05) is 0 Å². The van der Waals surface area contributed by atoms with Gasteiger partial charge in [-0.25, -0.2) is 63.0 Å². The molecule has 1 aromatic rings. The van der Waals surface area contributed by atoms with E-state index in [9.17, 15) is 186 Å². The largest absolute Gasteiger partial charge is 0.715 e. The molecule has 0 radical (unpaired) electrons. The molecule has 2 heterocycles. The summed E-state index contributed by atoms with van der Waals surface area (Å²) in [4.78, 5) is 138. The predicted molar refractivity (Wildman–Crippen MR) is 297 cm³/mol. The molecular weight excluding hydrogens is 1810 g/mol. The number of aryl methyl sites for hydroxylation is 1. The first-order valence-corrected chi connectivity index (χ1v) is 49.4. The van der Waals surface area contributed by atoms with Crippen molar-refractivity contribution in [3.05, 3.63) is 23.3 Å². The summed E-state index contributed by atoms with van der Waals surface area (Å²) in [5.41, 5.74) is -7.47. The number of hydrogen-bond acceptors (Lipinski definition) is 61. The van der Waals surface area contributed by atoms with Gasteiger partial charge in [0.2, 0.25) is 10.4 Å². The van der Waals surface area contributed by atoms with Crippen LogP contribution in [-0.4, -0.2) is 339 Å². The smallest absolute Gasteiger partial charge is 0.506 e. The van der Waals surface area contributed by atoms with Crippen LogP contribution in [0.3, 0.4) is 0 Å². The summed E-state index contributed by atoms with van der Waals surface area (Å²) in [5.74, 6) is -1.01. The number of rotatable bonds is 41. The molecule has 0 amide bonds. The Balaban J connectivity index is 2.53. The molecule has 608 valence electrons. The van der Waals surface area contributed by atoms with Gasteiger partial charge in [0, 0.05) is 19.7 Å². The molecule has 2 fully saturated rings. The number of aromatic hydroxyl groups is 1. The zero-order valence-electron chi connectivity index (χ0n) is 48.3. The Bertz CT molecular complexity index is 4380. The van der Waals surface area contributed by atoms with E-state index in [1.54, 1.807) is 0 Å². The molecule has 0 spiro atoms. The molecule has 103 heavy (non-hydrogen) atoms. The van der Waals surface area contributed by atoms with Crippen LogP contribution in [0.15, 0.2) is 12.1 Å². The Morgan fingerprint density at radius 1 is 0.466 bits per heavy atom. The maximum absolute atomic E-state index is 14.3. The Labute approximate surface area is 579 Å². The first kappa shape index (κ1) is 95.3. The van der Waals surface area contributed by atoms with Crippen molar-refractivity contribution < 1.29 is 285 Å². The lowest BCUT2D eigenvalue weighted by Crippen LogP contribution is -2.70. The van der Waals surface area contributed by atoms with Gasteiger partial charge in [0.05, 0.1) is 18.9 Å². The van der Waals surface area contributed by atoms with Crippen molar-refractivity contribution >= 4 is 172 Å². The van der Waals surface area contributed by atoms with Crippen LogP contribution in [0.5, 0.6) is 5.75 Å². The van der Waals surface area contributed by atoms with E-state index in [0.29, 0.717) is 13.0 Å². The van der Waals surface area contributed by atoms with E-state index in [-0.39, 0.29) is 6.07 Å². The third kappa shape index (κ3) is 27.5. The van der Waals surface area contributed by atoms with Crippen LogP contribution >= 0.6 is 0 Å². The second-order valence-electron chi connectivity index (χ2n) is 18.6. The normalized spacial score (nSPS) is 25.2. The second kappa shape index (κ2) is 32.8. The van der Waals surface area contributed by atoms with E-state index in [1.165, 1.54) is 0 Å². The van der Waals surface area contributed by atoms with Crippen molar-refractivity contribution in [1.29, 1.82) is 0 Å². The lowest BCUT2D eigenvalue weighted by Gasteiger charge is -2.49. The van der Waals surface area contributed by atoms with Crippen LogP contribution in [-0.2, 0) is 197 Å². The molecule has 3 rings (SSSR count). The van der Waals surface area contributed by atoms with Gasteiger partial charge in [0.15, 0.2) is 10.5 Å². The Hall–Kier alpha value is -1.88. The molecule has 12 unspecified atom stereocenters. The van der Waals surface area contributed by atoms with Gasteiger partial charge >= 0.3 is 166 Å². The lowest BCUT2D eigenvalue weighted by atomic mass is 9.90. The monoisotopic (exact) mass is 1850 g/mol. The van der Waals surface area contributed by atoms with Crippen molar-refractivity contribution in [1.82, 2.24) is 0 Å². The van der Waals surface area contributed by atoms with Gasteiger partial charge in [-0.15, -0.1) is 17.3 Å². The van der Waals surface area contributed by atoms with Crippen molar-refractivity contribution in [3.63, 3.8) is 0 Å². The SMILES string of the molecule is Cc1cc(O)c(N(C)C)cc1C1(S(=O)(=O)OO)OC(COS(=O)(=O)O)C(OS(=O)(=O)O)C(OS(=O)(=O)O[Si](O)(O[Si](O)(O)OO[Si](O)(O[Si](O)(O)O[Si](O)(O)O)OS(=O)(=O)OC2C(OS(=O)(=O)O)C(COS(=O)(=O)O)OC(S(=O)(=O)OO)C2S(=O)(=O)OO)O[Si](O)(O)O[Si](O)(O)O)C1S(=O)(=O)OO. The molecule has 65 nitrogen and oxygen atoms in total. The lowest BCUT2D eigenvalue weighted by molar-refractivity contribution is -0.234. The molecule has 1 aromatic carbocycles. The molecule has 23 N–H and O–H groups in total. The summed E-state index contributed by atoms with van der Waals surface area (Å²) in [6, 6.07) is 0.613. The summed E-state index contributed by atoms with van der Waals surface area (Å²) in [6.45, 7) is -4.17. The Morgan fingerprint density at radius 3 is 1.26 bits per heavy atom. The maximum Gasteiger partial charge on any atom is 0.715 e. The third-order valence-electron chi connectivity index (χ3n) is 10.9. The topological polar surface area (TPSA) is 1000 Å². The number of anilines is 1. The minimum Gasteiger partial charge on any atom is -0.506 e. The van der Waals surface area contributed by atoms with Crippen LogP contribution in [0.4, 0.5) is 5.69 Å². The van der Waals surface area contributed by atoms with E-state index in [2.05, 4.69) is 84.6 Å². The molecule has 0 aliphatic carbocycles. The fraction of sp³-hybridized carbons (Fsp3) is 0.714. The maximum atomic E-state index is 14.3. The molecule has 0 aromatic heterocycles. The van der Waals surface area contributed by atoms with Gasteiger partial charge in [0.25, 0.3) is 0 Å². The van der Waals surface area contributed by atoms with Crippen molar-refractivity contribution in [2.45, 2.75) is 64.4 Å². The van der Waals surface area contributed by atoms with Crippen LogP contribution in [0.1, 0.15) is 11.1 Å². The van der Waals surface area contributed by atoms with Crippen LogP contribution in [0.25, 0.3) is 0 Å². The highest BCUT2D eigenvalue weighted by Crippen LogP contribution is 2.52. The summed E-state index contributed by atoms with van der Waals surface area (Å²) in [5, 5.41) is 40.0. The van der Waals surface area contributed by atoms with E-state index in [4.69, 9.17) is 14.5 Å². The Kier molecular flexibility index (Phi) is 30.4. The number of ether oxygens (including phenoxy) is 2. The fourth-order valence-corrected chi connectivity index (χ4v) is 29.9. The molecule has 2 aliphatic rings. The summed E-state index contributed by atoms with van der Waals surface area (Å²) in [7, 11) is -120. The third-order valence-corrected chi connectivity index (χ3v) is 34.1. The minimum atomic E-state index is -8.46. The van der Waals surface area contributed by atoms with Crippen LogP contribution < -0.4 is 4.90 Å². The summed E-state index contributed by atoms with van der Waals surface area (Å²) < 4.78 is 378. The molecule has 0 saturated carbocycles. The highest BCUT2D eigenvalue weighted by molar-refractivity contribution is 7.92.